The lowest BCUT2D eigenvalue weighted by molar-refractivity contribution is 0.0136. The van der Waals surface area contributed by atoms with Crippen LogP contribution in [0.3, 0.4) is 0 Å². The van der Waals surface area contributed by atoms with Gasteiger partial charge in [0.25, 0.3) is 0 Å². The molecule has 0 radical (unpaired) electrons. The number of anilines is 2. The average molecular weight is 534 g/mol. The van der Waals surface area contributed by atoms with Crippen LogP contribution in [-0.4, -0.2) is 71.2 Å². The number of carbonyl (C=O) groups is 2. The van der Waals surface area contributed by atoms with Gasteiger partial charge in [-0.25, -0.2) is 9.97 Å². The Morgan fingerprint density at radius 1 is 0.897 bits per heavy atom. The second-order valence-corrected chi connectivity index (χ2v) is 9.20. The first kappa shape index (κ1) is 26.2. The first-order valence-electron chi connectivity index (χ1n) is 12.7. The summed E-state index contributed by atoms with van der Waals surface area (Å²) in [7, 11) is 1.54. The SMILES string of the molecule is COc1cc(C=O)cc2nc(N)n(C/C=C/Cn3c(N)nc4cc(C=O)cc(OCCCOC5CNC5)c43)c12. The number of nitrogens with zero attached hydrogens (tertiary/aromatic N) is 4. The number of methoxy groups -OCH3 is 1. The van der Waals surface area contributed by atoms with Crippen molar-refractivity contribution in [2.45, 2.75) is 25.6 Å². The second kappa shape index (κ2) is 11.5. The van der Waals surface area contributed by atoms with Crippen LogP contribution in [-0.2, 0) is 17.8 Å². The van der Waals surface area contributed by atoms with Gasteiger partial charge >= 0.3 is 0 Å². The zero-order valence-corrected chi connectivity index (χ0v) is 21.6. The number of carbonyl (C=O) groups excluding carboxylic acids is 2. The molecule has 3 heterocycles. The molecule has 0 atom stereocenters. The Morgan fingerprint density at radius 2 is 1.46 bits per heavy atom. The summed E-state index contributed by atoms with van der Waals surface area (Å²) in [5.74, 6) is 1.66. The number of nitrogens with one attached hydrogen (secondary N) is 1. The third-order valence-corrected chi connectivity index (χ3v) is 6.60. The second-order valence-electron chi connectivity index (χ2n) is 9.20. The van der Waals surface area contributed by atoms with Crippen LogP contribution in [0.15, 0.2) is 36.4 Å². The van der Waals surface area contributed by atoms with E-state index in [0.717, 1.165) is 25.7 Å². The summed E-state index contributed by atoms with van der Waals surface area (Å²) in [4.78, 5) is 31.6. The smallest absolute Gasteiger partial charge is 0.201 e. The highest BCUT2D eigenvalue weighted by atomic mass is 16.5. The van der Waals surface area contributed by atoms with E-state index >= 15 is 0 Å². The van der Waals surface area contributed by atoms with Crippen molar-refractivity contribution in [3.05, 3.63) is 47.5 Å². The number of benzene rings is 2. The number of hydrogen-bond acceptors (Lipinski definition) is 10. The van der Waals surface area contributed by atoms with Gasteiger partial charge in [-0.05, 0) is 24.3 Å². The summed E-state index contributed by atoms with van der Waals surface area (Å²) in [6, 6.07) is 6.72. The first-order valence-corrected chi connectivity index (χ1v) is 12.7. The zero-order valence-electron chi connectivity index (χ0n) is 21.6. The van der Waals surface area contributed by atoms with E-state index in [1.165, 1.54) is 7.11 Å². The Balaban J connectivity index is 1.33. The van der Waals surface area contributed by atoms with Gasteiger partial charge in [-0.1, -0.05) is 12.2 Å². The molecule has 0 bridgehead atoms. The molecular formula is C27H31N7O5. The number of allylic oxidation sites excluding steroid dienone is 2. The Hall–Kier alpha value is -4.42. The first-order chi connectivity index (χ1) is 19.0. The molecule has 0 spiro atoms. The predicted molar refractivity (Wildman–Crippen MR) is 147 cm³/mol. The van der Waals surface area contributed by atoms with Crippen LogP contribution in [0.25, 0.3) is 22.1 Å². The van der Waals surface area contributed by atoms with Gasteiger partial charge in [0, 0.05) is 43.7 Å². The molecular weight excluding hydrogens is 502 g/mol. The quantitative estimate of drug-likeness (QED) is 0.132. The van der Waals surface area contributed by atoms with Crippen LogP contribution in [0.1, 0.15) is 27.1 Å². The number of aldehydes is 2. The molecule has 204 valence electrons. The topological polar surface area (TPSA) is 162 Å². The lowest BCUT2D eigenvalue weighted by Crippen LogP contribution is -2.48. The fourth-order valence-electron chi connectivity index (χ4n) is 4.54. The Labute approximate surface area is 224 Å². The molecule has 0 saturated carbocycles. The molecule has 0 aliphatic carbocycles. The maximum Gasteiger partial charge on any atom is 0.201 e. The summed E-state index contributed by atoms with van der Waals surface area (Å²) in [5, 5.41) is 3.17. The van der Waals surface area contributed by atoms with E-state index in [0.29, 0.717) is 89.3 Å². The van der Waals surface area contributed by atoms with E-state index in [2.05, 4.69) is 15.3 Å². The van der Waals surface area contributed by atoms with Crippen molar-refractivity contribution >= 4 is 46.5 Å². The summed E-state index contributed by atoms with van der Waals surface area (Å²) in [6.07, 6.45) is 6.36. The lowest BCUT2D eigenvalue weighted by atomic mass is 10.2. The van der Waals surface area contributed by atoms with Crippen LogP contribution in [0.2, 0.25) is 0 Å². The van der Waals surface area contributed by atoms with E-state index in [1.54, 1.807) is 28.8 Å². The van der Waals surface area contributed by atoms with Crippen LogP contribution in [0.5, 0.6) is 11.5 Å². The van der Waals surface area contributed by atoms with E-state index in [-0.39, 0.29) is 6.10 Å². The van der Waals surface area contributed by atoms with Crippen molar-refractivity contribution in [2.24, 2.45) is 0 Å². The number of aromatic nitrogens is 4. The van der Waals surface area contributed by atoms with Crippen molar-refractivity contribution in [1.29, 1.82) is 0 Å². The minimum Gasteiger partial charge on any atom is -0.494 e. The number of imidazole rings is 2. The van der Waals surface area contributed by atoms with Crippen LogP contribution in [0.4, 0.5) is 11.9 Å². The monoisotopic (exact) mass is 533 g/mol. The predicted octanol–water partition coefficient (Wildman–Crippen LogP) is 2.20. The molecule has 12 nitrogen and oxygen atoms in total. The third-order valence-electron chi connectivity index (χ3n) is 6.60. The van der Waals surface area contributed by atoms with Crippen LogP contribution in [0, 0.1) is 0 Å². The highest BCUT2D eigenvalue weighted by Gasteiger charge is 2.18. The van der Waals surface area contributed by atoms with Crippen molar-refractivity contribution < 1.29 is 23.8 Å². The zero-order chi connectivity index (χ0) is 27.4. The number of fused-ring (bicyclic) bond motifs is 2. The summed E-state index contributed by atoms with van der Waals surface area (Å²) in [5.41, 5.74) is 15.9. The summed E-state index contributed by atoms with van der Waals surface area (Å²) < 4.78 is 20.9. The number of nitrogens with two attached hydrogens (primary N) is 2. The van der Waals surface area contributed by atoms with E-state index in [1.807, 2.05) is 16.7 Å². The van der Waals surface area contributed by atoms with Crippen molar-refractivity contribution in [1.82, 2.24) is 24.4 Å². The molecule has 0 amide bonds. The fraction of sp³-hybridized carbons (Fsp3) is 0.333. The molecule has 1 fully saturated rings. The Morgan fingerprint density at radius 3 is 1.97 bits per heavy atom. The minimum absolute atomic E-state index is 0.272. The van der Waals surface area contributed by atoms with Gasteiger partial charge in [-0.15, -0.1) is 0 Å². The Kier molecular flexibility index (Phi) is 7.75. The van der Waals surface area contributed by atoms with E-state index < -0.39 is 0 Å². The normalized spacial score (nSPS) is 13.8. The fourth-order valence-corrected chi connectivity index (χ4v) is 4.54. The molecule has 4 aromatic rings. The maximum atomic E-state index is 11.5. The molecule has 12 heteroatoms. The van der Waals surface area contributed by atoms with Crippen molar-refractivity contribution in [3.8, 4) is 11.5 Å². The molecule has 5 N–H and O–H groups in total. The van der Waals surface area contributed by atoms with Gasteiger partial charge < -0.3 is 40.1 Å². The van der Waals surface area contributed by atoms with Gasteiger partial charge in [-0.3, -0.25) is 9.59 Å². The number of hydrogen-bond donors (Lipinski definition) is 3. The molecule has 5 rings (SSSR count). The highest BCUT2D eigenvalue weighted by Crippen LogP contribution is 2.31. The van der Waals surface area contributed by atoms with Gasteiger partial charge in [-0.2, -0.15) is 0 Å². The van der Waals surface area contributed by atoms with E-state index in [9.17, 15) is 9.59 Å². The molecule has 1 saturated heterocycles. The Bertz CT molecular complexity index is 1540. The van der Waals surface area contributed by atoms with Gasteiger partial charge in [0.2, 0.25) is 11.9 Å². The van der Waals surface area contributed by atoms with Gasteiger partial charge in [0.05, 0.1) is 37.5 Å². The lowest BCUT2D eigenvalue weighted by Gasteiger charge is -2.27. The molecule has 39 heavy (non-hydrogen) atoms. The van der Waals surface area contributed by atoms with Crippen molar-refractivity contribution in [3.63, 3.8) is 0 Å². The van der Waals surface area contributed by atoms with Crippen LogP contribution >= 0.6 is 0 Å². The number of rotatable bonds is 13. The largest absolute Gasteiger partial charge is 0.494 e. The average Bonchev–Trinajstić information content (AvgIpc) is 3.41. The van der Waals surface area contributed by atoms with Gasteiger partial charge in [0.15, 0.2) is 0 Å². The van der Waals surface area contributed by atoms with Crippen molar-refractivity contribution in [2.75, 3.05) is 44.9 Å². The molecule has 1 aliphatic rings. The van der Waals surface area contributed by atoms with Gasteiger partial charge in [0.1, 0.15) is 35.1 Å². The number of nitrogen functional groups attached to an aromatic ring is 2. The maximum absolute atomic E-state index is 11.5. The minimum atomic E-state index is 0.272. The highest BCUT2D eigenvalue weighted by molar-refractivity contribution is 5.92. The molecule has 2 aromatic carbocycles. The molecule has 2 aromatic heterocycles. The summed E-state index contributed by atoms with van der Waals surface area (Å²) >= 11 is 0. The molecule has 1 aliphatic heterocycles. The van der Waals surface area contributed by atoms with Crippen LogP contribution < -0.4 is 26.3 Å². The summed E-state index contributed by atoms with van der Waals surface area (Å²) in [6.45, 7) is 3.62. The standard InChI is InChI=1S/C27H31N7O5/c1-37-22-11-17(15-35)9-20-24(22)33(26(28)31-20)5-2-3-6-34-25-21(32-27(34)29)10-18(16-36)12-23(25)39-8-4-7-38-19-13-30-14-19/h2-3,9-12,15-16,19,30H,4-8,13-14H2,1H3,(H2,28,31)(H2,29,32)/b3-2+. The van der Waals surface area contributed by atoms with E-state index in [4.69, 9.17) is 25.7 Å². The molecule has 0 unspecified atom stereocenters. The third kappa shape index (κ3) is 5.42. The number of ether oxygens (including phenoxy) is 3.